The highest BCUT2D eigenvalue weighted by atomic mass is 16.3. The van der Waals surface area contributed by atoms with Crippen molar-refractivity contribution in [2.45, 2.75) is 12.1 Å². The number of aliphatic hydroxyl groups is 1. The van der Waals surface area contributed by atoms with Crippen LogP contribution in [-0.2, 0) is 5.72 Å². The molecule has 0 saturated carbocycles. The monoisotopic (exact) mass is 161 g/mol. The number of fused-ring (bicyclic) bond motifs is 1. The van der Waals surface area contributed by atoms with Gasteiger partial charge in [0.1, 0.15) is 5.72 Å². The van der Waals surface area contributed by atoms with Crippen LogP contribution in [0.15, 0.2) is 30.3 Å². The molecule has 1 aliphatic carbocycles. The molecule has 1 aromatic carbocycles. The van der Waals surface area contributed by atoms with Gasteiger partial charge in [-0.05, 0) is 5.56 Å². The van der Waals surface area contributed by atoms with Crippen molar-refractivity contribution in [3.63, 3.8) is 0 Å². The van der Waals surface area contributed by atoms with Crippen molar-refractivity contribution in [3.8, 4) is 0 Å². The van der Waals surface area contributed by atoms with Gasteiger partial charge in [-0.2, -0.15) is 0 Å². The standard InChI is InChI=1S/C10H11NO/c11-10(12)7-3-5-8-4-1-2-6-9(8)10/h1-6,12H,7,11H2. The predicted octanol–water partition coefficient (Wildman–Crippen LogP) is 1.21. The molecule has 62 valence electrons. The highest BCUT2D eigenvalue weighted by Gasteiger charge is 2.26. The molecule has 1 aromatic rings. The van der Waals surface area contributed by atoms with Crippen LogP contribution < -0.4 is 5.73 Å². The van der Waals surface area contributed by atoms with E-state index in [0.717, 1.165) is 11.1 Å². The summed E-state index contributed by atoms with van der Waals surface area (Å²) in [6.45, 7) is 0. The molecule has 0 radical (unpaired) electrons. The molecule has 0 amide bonds. The van der Waals surface area contributed by atoms with Crippen molar-refractivity contribution >= 4 is 6.08 Å². The molecule has 0 heterocycles. The minimum atomic E-state index is -1.18. The van der Waals surface area contributed by atoms with Gasteiger partial charge >= 0.3 is 0 Å². The Hall–Kier alpha value is -1.12. The lowest BCUT2D eigenvalue weighted by Crippen LogP contribution is -2.37. The Kier molecular flexibility index (Phi) is 1.53. The van der Waals surface area contributed by atoms with Crippen molar-refractivity contribution in [1.29, 1.82) is 0 Å². The molecule has 2 nitrogen and oxygen atoms in total. The minimum Gasteiger partial charge on any atom is -0.371 e. The number of nitrogens with two attached hydrogens (primary N) is 1. The van der Waals surface area contributed by atoms with E-state index < -0.39 is 5.72 Å². The van der Waals surface area contributed by atoms with E-state index in [0.29, 0.717) is 6.42 Å². The zero-order valence-corrected chi connectivity index (χ0v) is 6.70. The molecule has 0 saturated heterocycles. The summed E-state index contributed by atoms with van der Waals surface area (Å²) in [7, 11) is 0. The number of hydrogen-bond acceptors (Lipinski definition) is 2. The maximum atomic E-state index is 9.75. The average molecular weight is 161 g/mol. The van der Waals surface area contributed by atoms with E-state index >= 15 is 0 Å². The third kappa shape index (κ3) is 1.05. The summed E-state index contributed by atoms with van der Waals surface area (Å²) < 4.78 is 0. The van der Waals surface area contributed by atoms with E-state index in [2.05, 4.69) is 0 Å². The van der Waals surface area contributed by atoms with E-state index in [4.69, 9.17) is 5.73 Å². The summed E-state index contributed by atoms with van der Waals surface area (Å²) in [5.74, 6) is 0. The second-order valence-corrected chi connectivity index (χ2v) is 3.12. The van der Waals surface area contributed by atoms with Gasteiger partial charge in [-0.3, -0.25) is 5.73 Å². The lowest BCUT2D eigenvalue weighted by molar-refractivity contribution is 0.0455. The summed E-state index contributed by atoms with van der Waals surface area (Å²) in [4.78, 5) is 0. The summed E-state index contributed by atoms with van der Waals surface area (Å²) in [6, 6.07) is 7.63. The highest BCUT2D eigenvalue weighted by molar-refractivity contribution is 5.58. The third-order valence-corrected chi connectivity index (χ3v) is 2.15. The number of rotatable bonds is 0. The van der Waals surface area contributed by atoms with Crippen molar-refractivity contribution < 1.29 is 5.11 Å². The second kappa shape index (κ2) is 2.44. The van der Waals surface area contributed by atoms with Gasteiger partial charge in [-0.25, -0.2) is 0 Å². The van der Waals surface area contributed by atoms with Gasteiger partial charge < -0.3 is 5.11 Å². The van der Waals surface area contributed by atoms with E-state index in [1.165, 1.54) is 0 Å². The molecule has 0 bridgehead atoms. The predicted molar refractivity (Wildman–Crippen MR) is 48.2 cm³/mol. The van der Waals surface area contributed by atoms with Crippen molar-refractivity contribution in [1.82, 2.24) is 0 Å². The molecule has 1 atom stereocenters. The number of benzene rings is 1. The zero-order chi connectivity index (χ0) is 8.60. The molecule has 0 aliphatic heterocycles. The SMILES string of the molecule is NC1(O)CC=Cc2ccccc21. The molecular formula is C10H11NO. The molecule has 12 heavy (non-hydrogen) atoms. The smallest absolute Gasteiger partial charge is 0.143 e. The normalized spacial score (nSPS) is 26.8. The molecule has 3 N–H and O–H groups in total. The van der Waals surface area contributed by atoms with Gasteiger partial charge in [-0.15, -0.1) is 0 Å². The van der Waals surface area contributed by atoms with Crippen molar-refractivity contribution in [3.05, 3.63) is 41.5 Å². The Morgan fingerprint density at radius 3 is 2.83 bits per heavy atom. The van der Waals surface area contributed by atoms with Gasteiger partial charge in [0.15, 0.2) is 0 Å². The lowest BCUT2D eigenvalue weighted by Gasteiger charge is -2.26. The first-order chi connectivity index (χ1) is 5.70. The van der Waals surface area contributed by atoms with Crippen LogP contribution in [0.25, 0.3) is 6.08 Å². The van der Waals surface area contributed by atoms with Gasteiger partial charge in [-0.1, -0.05) is 36.4 Å². The second-order valence-electron chi connectivity index (χ2n) is 3.12. The van der Waals surface area contributed by atoms with Crippen LogP contribution >= 0.6 is 0 Å². The van der Waals surface area contributed by atoms with Gasteiger partial charge in [0.25, 0.3) is 0 Å². The van der Waals surface area contributed by atoms with Gasteiger partial charge in [0.2, 0.25) is 0 Å². The fraction of sp³-hybridized carbons (Fsp3) is 0.200. The zero-order valence-electron chi connectivity index (χ0n) is 6.70. The van der Waals surface area contributed by atoms with Crippen LogP contribution in [0, 0.1) is 0 Å². The van der Waals surface area contributed by atoms with Crippen LogP contribution in [0.1, 0.15) is 17.5 Å². The summed E-state index contributed by atoms with van der Waals surface area (Å²) in [5.41, 5.74) is 6.34. The maximum absolute atomic E-state index is 9.75. The molecular weight excluding hydrogens is 150 g/mol. The lowest BCUT2D eigenvalue weighted by atomic mass is 9.90. The quantitative estimate of drug-likeness (QED) is 0.562. The Bertz CT molecular complexity index is 328. The first-order valence-electron chi connectivity index (χ1n) is 3.97. The molecule has 2 heteroatoms. The average Bonchev–Trinajstić information content (AvgIpc) is 2.04. The Balaban J connectivity index is 2.60. The highest BCUT2D eigenvalue weighted by Crippen LogP contribution is 2.28. The fourth-order valence-electron chi connectivity index (χ4n) is 1.51. The molecule has 1 aliphatic rings. The van der Waals surface area contributed by atoms with Crippen molar-refractivity contribution in [2.75, 3.05) is 0 Å². The van der Waals surface area contributed by atoms with E-state index in [9.17, 15) is 5.11 Å². The summed E-state index contributed by atoms with van der Waals surface area (Å²) >= 11 is 0. The van der Waals surface area contributed by atoms with Crippen LogP contribution in [-0.4, -0.2) is 5.11 Å². The molecule has 1 unspecified atom stereocenters. The van der Waals surface area contributed by atoms with E-state index in [1.807, 2.05) is 36.4 Å². The van der Waals surface area contributed by atoms with Crippen LogP contribution in [0.3, 0.4) is 0 Å². The first-order valence-corrected chi connectivity index (χ1v) is 3.97. The van der Waals surface area contributed by atoms with E-state index in [1.54, 1.807) is 0 Å². The van der Waals surface area contributed by atoms with Crippen LogP contribution in [0.4, 0.5) is 0 Å². The molecule has 0 spiro atoms. The minimum absolute atomic E-state index is 0.490. The fourth-order valence-corrected chi connectivity index (χ4v) is 1.51. The Labute approximate surface area is 71.3 Å². The summed E-state index contributed by atoms with van der Waals surface area (Å²) in [6.07, 6.45) is 4.36. The topological polar surface area (TPSA) is 46.2 Å². The third-order valence-electron chi connectivity index (χ3n) is 2.15. The van der Waals surface area contributed by atoms with Crippen LogP contribution in [0.5, 0.6) is 0 Å². The Morgan fingerprint density at radius 2 is 2.08 bits per heavy atom. The Morgan fingerprint density at radius 1 is 1.33 bits per heavy atom. The maximum Gasteiger partial charge on any atom is 0.143 e. The summed E-state index contributed by atoms with van der Waals surface area (Å²) in [5, 5.41) is 9.75. The molecule has 0 aromatic heterocycles. The van der Waals surface area contributed by atoms with Crippen molar-refractivity contribution in [2.24, 2.45) is 5.73 Å². The number of hydrogen-bond donors (Lipinski definition) is 2. The van der Waals surface area contributed by atoms with Gasteiger partial charge in [0.05, 0.1) is 0 Å². The van der Waals surface area contributed by atoms with Crippen LogP contribution in [0.2, 0.25) is 0 Å². The van der Waals surface area contributed by atoms with Gasteiger partial charge in [0, 0.05) is 12.0 Å². The molecule has 0 fully saturated rings. The molecule has 2 rings (SSSR count). The first kappa shape index (κ1) is 7.53. The largest absolute Gasteiger partial charge is 0.371 e. The van der Waals surface area contributed by atoms with E-state index in [-0.39, 0.29) is 0 Å².